The molecule has 4 rings (SSSR count). The molecule has 26 heavy (non-hydrogen) atoms. The summed E-state index contributed by atoms with van der Waals surface area (Å²) in [4.78, 5) is 20.3. The fraction of sp³-hybridized carbons (Fsp3) is 0.350. The first-order chi connectivity index (χ1) is 12.6. The van der Waals surface area contributed by atoms with Gasteiger partial charge in [-0.15, -0.1) is 0 Å². The number of hydrogen-bond acceptors (Lipinski definition) is 4. The maximum absolute atomic E-state index is 11.0. The van der Waals surface area contributed by atoms with Crippen molar-refractivity contribution in [1.29, 1.82) is 0 Å². The van der Waals surface area contributed by atoms with E-state index >= 15 is 0 Å². The van der Waals surface area contributed by atoms with Crippen LogP contribution in [0.4, 0.5) is 0 Å². The monoisotopic (exact) mass is 351 g/mol. The smallest absolute Gasteiger partial charge is 0.335 e. The van der Waals surface area contributed by atoms with E-state index < -0.39 is 5.97 Å². The zero-order chi connectivity index (χ0) is 18.1. The SMILES string of the molecule is C[C@@H](COC1CCC1)c1cnc2c(ccn2-c2ccc(C(=O)O)cc2)n1. The summed E-state index contributed by atoms with van der Waals surface area (Å²) >= 11 is 0. The second-order valence-corrected chi connectivity index (χ2v) is 6.83. The molecular formula is C20H21N3O3. The number of benzene rings is 1. The van der Waals surface area contributed by atoms with Gasteiger partial charge in [0.2, 0.25) is 0 Å². The van der Waals surface area contributed by atoms with Gasteiger partial charge in [0, 0.05) is 17.8 Å². The minimum Gasteiger partial charge on any atom is -0.478 e. The Balaban J connectivity index is 1.55. The Morgan fingerprint density at radius 3 is 2.73 bits per heavy atom. The third-order valence-electron chi connectivity index (χ3n) is 4.94. The van der Waals surface area contributed by atoms with Gasteiger partial charge in [0.1, 0.15) is 5.52 Å². The van der Waals surface area contributed by atoms with E-state index in [0.29, 0.717) is 12.7 Å². The van der Waals surface area contributed by atoms with Gasteiger partial charge in [0.15, 0.2) is 5.65 Å². The maximum atomic E-state index is 11.0. The summed E-state index contributed by atoms with van der Waals surface area (Å²) in [5, 5.41) is 9.02. The standard InChI is InChI=1S/C20H21N3O3/c1-13(12-26-16-3-2-4-16)18-11-21-19-17(22-18)9-10-23(19)15-7-5-14(6-8-15)20(24)25/h5-11,13,16H,2-4,12H2,1H3,(H,24,25)/t13-/m0/s1. The van der Waals surface area contributed by atoms with E-state index in [4.69, 9.17) is 14.8 Å². The maximum Gasteiger partial charge on any atom is 0.335 e. The molecule has 0 amide bonds. The van der Waals surface area contributed by atoms with Crippen LogP contribution in [-0.2, 0) is 4.74 Å². The molecule has 0 saturated heterocycles. The molecule has 134 valence electrons. The van der Waals surface area contributed by atoms with Crippen molar-refractivity contribution in [2.45, 2.75) is 38.2 Å². The number of carboxylic acids is 1. The Morgan fingerprint density at radius 2 is 2.08 bits per heavy atom. The Labute approximate surface area is 151 Å². The molecule has 1 saturated carbocycles. The van der Waals surface area contributed by atoms with Crippen LogP contribution in [0.25, 0.3) is 16.9 Å². The molecule has 0 spiro atoms. The number of aromatic carboxylic acids is 1. The molecular weight excluding hydrogens is 330 g/mol. The fourth-order valence-electron chi connectivity index (χ4n) is 3.04. The molecule has 1 N–H and O–H groups in total. The number of ether oxygens (including phenoxy) is 1. The van der Waals surface area contributed by atoms with Crippen LogP contribution >= 0.6 is 0 Å². The highest BCUT2D eigenvalue weighted by atomic mass is 16.5. The zero-order valence-corrected chi connectivity index (χ0v) is 14.6. The fourth-order valence-corrected chi connectivity index (χ4v) is 3.04. The van der Waals surface area contributed by atoms with Crippen molar-refractivity contribution in [3.63, 3.8) is 0 Å². The first-order valence-electron chi connectivity index (χ1n) is 8.91. The number of hydrogen-bond donors (Lipinski definition) is 1. The Kier molecular flexibility index (Phi) is 4.42. The number of carbonyl (C=O) groups is 1. The predicted molar refractivity (Wildman–Crippen MR) is 97.8 cm³/mol. The molecule has 0 aliphatic heterocycles. The summed E-state index contributed by atoms with van der Waals surface area (Å²) in [6.45, 7) is 2.78. The molecule has 1 atom stereocenters. The van der Waals surface area contributed by atoms with Crippen LogP contribution < -0.4 is 0 Å². The summed E-state index contributed by atoms with van der Waals surface area (Å²) in [6, 6.07) is 8.65. The van der Waals surface area contributed by atoms with Crippen molar-refractivity contribution in [3.05, 3.63) is 54.0 Å². The summed E-state index contributed by atoms with van der Waals surface area (Å²) < 4.78 is 7.80. The van der Waals surface area contributed by atoms with Gasteiger partial charge in [-0.3, -0.25) is 4.57 Å². The Bertz CT molecular complexity index is 929. The van der Waals surface area contributed by atoms with Gasteiger partial charge in [0.05, 0.1) is 30.2 Å². The van der Waals surface area contributed by atoms with Gasteiger partial charge < -0.3 is 9.84 Å². The van der Waals surface area contributed by atoms with Gasteiger partial charge in [-0.1, -0.05) is 6.92 Å². The molecule has 0 bridgehead atoms. The van der Waals surface area contributed by atoms with Gasteiger partial charge in [0.25, 0.3) is 0 Å². The number of rotatable bonds is 6. The average molecular weight is 351 g/mol. The molecule has 1 fully saturated rings. The molecule has 1 aliphatic carbocycles. The Hall–Kier alpha value is -2.73. The molecule has 1 aromatic carbocycles. The number of carboxylic acid groups (broad SMARTS) is 1. The topological polar surface area (TPSA) is 77.2 Å². The van der Waals surface area contributed by atoms with E-state index in [9.17, 15) is 4.79 Å². The van der Waals surface area contributed by atoms with E-state index in [2.05, 4.69) is 11.9 Å². The molecule has 3 aromatic rings. The molecule has 0 radical (unpaired) electrons. The van der Waals surface area contributed by atoms with E-state index in [1.165, 1.54) is 19.3 Å². The first kappa shape index (κ1) is 16.7. The summed E-state index contributed by atoms with van der Waals surface area (Å²) in [7, 11) is 0. The van der Waals surface area contributed by atoms with Crippen LogP contribution in [0.15, 0.2) is 42.7 Å². The van der Waals surface area contributed by atoms with Crippen molar-refractivity contribution < 1.29 is 14.6 Å². The number of aromatic nitrogens is 3. The predicted octanol–water partition coefficient (Wildman–Crippen LogP) is 3.79. The quantitative estimate of drug-likeness (QED) is 0.731. The summed E-state index contributed by atoms with van der Waals surface area (Å²) in [6.07, 6.45) is 7.73. The van der Waals surface area contributed by atoms with Crippen LogP contribution in [0.2, 0.25) is 0 Å². The van der Waals surface area contributed by atoms with Crippen molar-refractivity contribution in [2.24, 2.45) is 0 Å². The van der Waals surface area contributed by atoms with Crippen LogP contribution in [-0.4, -0.2) is 38.3 Å². The van der Waals surface area contributed by atoms with Gasteiger partial charge in [-0.2, -0.15) is 0 Å². The Morgan fingerprint density at radius 1 is 1.31 bits per heavy atom. The third-order valence-corrected chi connectivity index (χ3v) is 4.94. The normalized spacial score (nSPS) is 15.7. The molecule has 2 aromatic heterocycles. The van der Waals surface area contributed by atoms with Gasteiger partial charge in [-0.25, -0.2) is 14.8 Å². The molecule has 0 unspecified atom stereocenters. The highest BCUT2D eigenvalue weighted by Crippen LogP contribution is 2.25. The van der Waals surface area contributed by atoms with Crippen molar-refractivity contribution in [1.82, 2.24) is 14.5 Å². The highest BCUT2D eigenvalue weighted by molar-refractivity contribution is 5.87. The lowest BCUT2D eigenvalue weighted by Gasteiger charge is -2.26. The lowest BCUT2D eigenvalue weighted by atomic mass is 9.96. The number of fused-ring (bicyclic) bond motifs is 1. The van der Waals surface area contributed by atoms with Crippen molar-refractivity contribution in [3.8, 4) is 5.69 Å². The van der Waals surface area contributed by atoms with E-state index in [1.54, 1.807) is 30.5 Å². The zero-order valence-electron chi connectivity index (χ0n) is 14.6. The van der Waals surface area contributed by atoms with Crippen molar-refractivity contribution in [2.75, 3.05) is 6.61 Å². The lowest BCUT2D eigenvalue weighted by Crippen LogP contribution is -2.23. The highest BCUT2D eigenvalue weighted by Gasteiger charge is 2.20. The summed E-state index contributed by atoms with van der Waals surface area (Å²) in [5.74, 6) is -0.734. The number of nitrogens with zero attached hydrogens (tertiary/aromatic N) is 3. The molecule has 2 heterocycles. The largest absolute Gasteiger partial charge is 0.478 e. The van der Waals surface area contributed by atoms with Crippen LogP contribution in [0.5, 0.6) is 0 Å². The molecule has 1 aliphatic rings. The van der Waals surface area contributed by atoms with Gasteiger partial charge in [-0.05, 0) is 49.6 Å². The van der Waals surface area contributed by atoms with E-state index in [1.807, 2.05) is 16.8 Å². The minimum absolute atomic E-state index is 0.200. The molecule has 6 heteroatoms. The van der Waals surface area contributed by atoms with Crippen LogP contribution in [0.3, 0.4) is 0 Å². The van der Waals surface area contributed by atoms with Crippen LogP contribution in [0.1, 0.15) is 48.2 Å². The molecule has 6 nitrogen and oxygen atoms in total. The van der Waals surface area contributed by atoms with Gasteiger partial charge >= 0.3 is 5.97 Å². The third kappa shape index (κ3) is 3.20. The average Bonchev–Trinajstić information content (AvgIpc) is 3.03. The summed E-state index contributed by atoms with van der Waals surface area (Å²) in [5.41, 5.74) is 3.62. The van der Waals surface area contributed by atoms with E-state index in [-0.39, 0.29) is 11.5 Å². The first-order valence-corrected chi connectivity index (χ1v) is 8.91. The van der Waals surface area contributed by atoms with Crippen molar-refractivity contribution >= 4 is 17.1 Å². The minimum atomic E-state index is -0.934. The lowest BCUT2D eigenvalue weighted by molar-refractivity contribution is -0.00360. The second-order valence-electron chi connectivity index (χ2n) is 6.83. The van der Waals surface area contributed by atoms with Crippen LogP contribution in [0, 0.1) is 0 Å². The second kappa shape index (κ2) is 6.88. The van der Waals surface area contributed by atoms with E-state index in [0.717, 1.165) is 22.5 Å².